The van der Waals surface area contributed by atoms with Crippen molar-refractivity contribution in [2.75, 3.05) is 6.61 Å². The molecule has 2 aliphatic rings. The molecule has 0 spiro atoms. The van der Waals surface area contributed by atoms with Crippen molar-refractivity contribution < 1.29 is 14.3 Å². The van der Waals surface area contributed by atoms with Gasteiger partial charge in [0.25, 0.3) is 0 Å². The molecule has 3 nitrogen and oxygen atoms in total. The minimum Gasteiger partial charge on any atom is -0.463 e. The number of hydrogen-bond donors (Lipinski definition) is 0. The smallest absolute Gasteiger partial charge is 0.341 e. The van der Waals surface area contributed by atoms with E-state index in [1.807, 2.05) is 0 Å². The molecule has 1 saturated heterocycles. The van der Waals surface area contributed by atoms with Gasteiger partial charge in [-0.15, -0.1) is 0 Å². The van der Waals surface area contributed by atoms with E-state index in [0.717, 1.165) is 38.5 Å². The molecule has 0 amide bonds. The normalized spacial score (nSPS) is 32.7. The summed E-state index contributed by atoms with van der Waals surface area (Å²) in [6, 6.07) is 0. The summed E-state index contributed by atoms with van der Waals surface area (Å²) in [6.45, 7) is 2.70. The predicted octanol–water partition coefficient (Wildman–Crippen LogP) is 2.82. The molecule has 16 heavy (non-hydrogen) atoms. The highest BCUT2D eigenvalue weighted by Crippen LogP contribution is 2.47. The van der Waals surface area contributed by atoms with Crippen molar-refractivity contribution in [1.29, 1.82) is 0 Å². The Morgan fingerprint density at radius 2 is 2.25 bits per heavy atom. The molecule has 1 aliphatic heterocycles. The van der Waals surface area contributed by atoms with Crippen LogP contribution in [0, 0.1) is 0 Å². The summed E-state index contributed by atoms with van der Waals surface area (Å²) in [5.74, 6) is -0.101. The molecular weight excluding hydrogens is 204 g/mol. The van der Waals surface area contributed by atoms with Crippen LogP contribution in [0.3, 0.4) is 0 Å². The van der Waals surface area contributed by atoms with Crippen molar-refractivity contribution in [1.82, 2.24) is 0 Å². The van der Waals surface area contributed by atoms with Crippen LogP contribution < -0.4 is 0 Å². The summed E-state index contributed by atoms with van der Waals surface area (Å²) in [5.41, 5.74) is -0.525. The second-order valence-electron chi connectivity index (χ2n) is 4.94. The molecule has 0 aromatic carbocycles. The highest BCUT2D eigenvalue weighted by Gasteiger charge is 2.63. The number of fused-ring (bicyclic) bond motifs is 1. The van der Waals surface area contributed by atoms with Gasteiger partial charge < -0.3 is 9.47 Å². The van der Waals surface area contributed by atoms with Crippen LogP contribution in [0.5, 0.6) is 0 Å². The van der Waals surface area contributed by atoms with Crippen molar-refractivity contribution in [2.24, 2.45) is 0 Å². The lowest BCUT2D eigenvalue weighted by atomic mass is 10.0. The third-order valence-electron chi connectivity index (χ3n) is 3.66. The average molecular weight is 226 g/mol. The molecule has 1 heterocycles. The Labute approximate surface area is 97.5 Å². The van der Waals surface area contributed by atoms with Gasteiger partial charge in [0.2, 0.25) is 0 Å². The Morgan fingerprint density at radius 1 is 1.38 bits per heavy atom. The Morgan fingerprint density at radius 3 is 3.06 bits per heavy atom. The van der Waals surface area contributed by atoms with E-state index in [9.17, 15) is 4.79 Å². The second kappa shape index (κ2) is 5.17. The van der Waals surface area contributed by atoms with E-state index in [4.69, 9.17) is 9.47 Å². The Hall–Kier alpha value is -0.570. The van der Waals surface area contributed by atoms with E-state index in [0.29, 0.717) is 6.61 Å². The first-order chi connectivity index (χ1) is 7.79. The maximum atomic E-state index is 11.9. The third kappa shape index (κ3) is 2.40. The van der Waals surface area contributed by atoms with Crippen LogP contribution in [0.1, 0.15) is 58.3 Å². The summed E-state index contributed by atoms with van der Waals surface area (Å²) in [6.07, 6.45) is 8.83. The number of rotatable bonds is 5. The minimum absolute atomic E-state index is 0.101. The Balaban J connectivity index is 1.76. The quantitative estimate of drug-likeness (QED) is 0.411. The zero-order chi connectivity index (χ0) is 11.4. The molecule has 3 heteroatoms. The number of ether oxygens (including phenoxy) is 2. The number of hydrogen-bond acceptors (Lipinski definition) is 3. The molecule has 0 bridgehead atoms. The van der Waals surface area contributed by atoms with Gasteiger partial charge in [-0.3, -0.25) is 0 Å². The number of unbranched alkanes of at least 4 members (excludes halogenated alkanes) is 2. The summed E-state index contributed by atoms with van der Waals surface area (Å²) < 4.78 is 10.9. The molecule has 1 saturated carbocycles. The number of carbonyl (C=O) groups excluding carboxylic acids is 1. The predicted molar refractivity (Wildman–Crippen MR) is 61.2 cm³/mol. The molecule has 2 rings (SSSR count). The summed E-state index contributed by atoms with van der Waals surface area (Å²) in [4.78, 5) is 11.9. The van der Waals surface area contributed by atoms with Gasteiger partial charge in [-0.25, -0.2) is 4.79 Å². The van der Waals surface area contributed by atoms with Crippen LogP contribution >= 0.6 is 0 Å². The van der Waals surface area contributed by atoms with Gasteiger partial charge in [-0.1, -0.05) is 32.6 Å². The molecule has 92 valence electrons. The van der Waals surface area contributed by atoms with Crippen molar-refractivity contribution in [3.63, 3.8) is 0 Å². The monoisotopic (exact) mass is 226 g/mol. The van der Waals surface area contributed by atoms with E-state index >= 15 is 0 Å². The lowest BCUT2D eigenvalue weighted by Gasteiger charge is -2.10. The number of carbonyl (C=O) groups is 1. The van der Waals surface area contributed by atoms with Crippen molar-refractivity contribution in [2.45, 2.75) is 70.0 Å². The fraction of sp³-hybridized carbons (Fsp3) is 0.923. The fourth-order valence-corrected chi connectivity index (χ4v) is 2.55. The Kier molecular flexibility index (Phi) is 3.85. The van der Waals surface area contributed by atoms with Gasteiger partial charge >= 0.3 is 5.97 Å². The maximum Gasteiger partial charge on any atom is 0.341 e. The third-order valence-corrected chi connectivity index (χ3v) is 3.66. The van der Waals surface area contributed by atoms with Gasteiger partial charge in [0.15, 0.2) is 5.60 Å². The fourth-order valence-electron chi connectivity index (χ4n) is 2.55. The molecule has 1 aliphatic carbocycles. The largest absolute Gasteiger partial charge is 0.463 e. The average Bonchev–Trinajstić information content (AvgIpc) is 2.98. The molecule has 2 unspecified atom stereocenters. The highest BCUT2D eigenvalue weighted by atomic mass is 16.7. The van der Waals surface area contributed by atoms with Gasteiger partial charge in [0.05, 0.1) is 12.7 Å². The molecular formula is C13H22O3. The first kappa shape index (κ1) is 11.9. The molecule has 0 aromatic rings. The van der Waals surface area contributed by atoms with Crippen LogP contribution in [-0.2, 0) is 14.3 Å². The maximum absolute atomic E-state index is 11.9. The van der Waals surface area contributed by atoms with Crippen LogP contribution in [0.2, 0.25) is 0 Å². The SMILES string of the molecule is CCCCCOC(=O)C12CCCCCC1O2. The zero-order valence-electron chi connectivity index (χ0n) is 10.2. The van der Waals surface area contributed by atoms with Crippen LogP contribution in [0.15, 0.2) is 0 Å². The first-order valence-corrected chi connectivity index (χ1v) is 6.64. The number of epoxide rings is 1. The van der Waals surface area contributed by atoms with Gasteiger partial charge in [0.1, 0.15) is 0 Å². The van der Waals surface area contributed by atoms with Gasteiger partial charge in [-0.2, -0.15) is 0 Å². The Bertz CT molecular complexity index is 252. The van der Waals surface area contributed by atoms with Crippen LogP contribution in [0.25, 0.3) is 0 Å². The summed E-state index contributed by atoms with van der Waals surface area (Å²) in [7, 11) is 0. The van der Waals surface area contributed by atoms with Gasteiger partial charge in [-0.05, 0) is 25.7 Å². The molecule has 2 fully saturated rings. The zero-order valence-corrected chi connectivity index (χ0v) is 10.2. The van der Waals surface area contributed by atoms with Crippen LogP contribution in [0.4, 0.5) is 0 Å². The van der Waals surface area contributed by atoms with Gasteiger partial charge in [0, 0.05) is 0 Å². The molecule has 0 N–H and O–H groups in total. The van der Waals surface area contributed by atoms with E-state index in [1.165, 1.54) is 12.8 Å². The highest BCUT2D eigenvalue weighted by molar-refractivity contribution is 5.83. The number of esters is 1. The molecule has 0 radical (unpaired) electrons. The van der Waals surface area contributed by atoms with E-state index in [1.54, 1.807) is 0 Å². The van der Waals surface area contributed by atoms with E-state index < -0.39 is 5.60 Å². The summed E-state index contributed by atoms with van der Waals surface area (Å²) in [5, 5.41) is 0. The van der Waals surface area contributed by atoms with Crippen LogP contribution in [-0.4, -0.2) is 24.3 Å². The molecule has 0 aromatic heterocycles. The van der Waals surface area contributed by atoms with Crippen molar-refractivity contribution in [3.05, 3.63) is 0 Å². The lowest BCUT2D eigenvalue weighted by molar-refractivity contribution is -0.150. The van der Waals surface area contributed by atoms with Crippen molar-refractivity contribution in [3.8, 4) is 0 Å². The summed E-state index contributed by atoms with van der Waals surface area (Å²) >= 11 is 0. The topological polar surface area (TPSA) is 38.8 Å². The van der Waals surface area contributed by atoms with E-state index in [2.05, 4.69) is 6.92 Å². The first-order valence-electron chi connectivity index (χ1n) is 6.64. The van der Waals surface area contributed by atoms with E-state index in [-0.39, 0.29) is 12.1 Å². The van der Waals surface area contributed by atoms with Crippen molar-refractivity contribution >= 4 is 5.97 Å². The molecule has 2 atom stereocenters. The second-order valence-corrected chi connectivity index (χ2v) is 4.94. The lowest BCUT2D eigenvalue weighted by Crippen LogP contribution is -2.29. The standard InChI is InChI=1S/C13H22O3/c1-2-3-7-10-15-12(14)13-9-6-4-5-8-11(13)16-13/h11H,2-10H2,1H3. The minimum atomic E-state index is -0.525.